The lowest BCUT2D eigenvalue weighted by Crippen LogP contribution is -2.08. The summed E-state index contributed by atoms with van der Waals surface area (Å²) in [5.74, 6) is 0.165. The second-order valence-electron chi connectivity index (χ2n) is 6.48. The van der Waals surface area contributed by atoms with Gasteiger partial charge in [-0.05, 0) is 68.3 Å². The fourth-order valence-corrected chi connectivity index (χ4v) is 3.98. The van der Waals surface area contributed by atoms with Crippen molar-refractivity contribution >= 4 is 29.1 Å². The largest absolute Gasteiger partial charge is 0.348 e. The highest BCUT2D eigenvalue weighted by molar-refractivity contribution is 8.00. The molecule has 0 aliphatic heterocycles. The van der Waals surface area contributed by atoms with Crippen LogP contribution in [0.15, 0.2) is 59.5 Å². The SMILES string of the molecule is Cc1cc(C(=O)CSc2ccc(F)cc2)c(C)n1CCc1ccc(Cl)cc1. The Hall–Kier alpha value is -2.04. The van der Waals surface area contributed by atoms with Crippen LogP contribution in [0.5, 0.6) is 0 Å². The first-order chi connectivity index (χ1) is 12.9. The Bertz CT molecular complexity index is 932. The van der Waals surface area contributed by atoms with E-state index >= 15 is 0 Å². The molecule has 0 saturated heterocycles. The summed E-state index contributed by atoms with van der Waals surface area (Å²) in [5, 5.41) is 0.735. The lowest BCUT2D eigenvalue weighted by Gasteiger charge is -2.10. The predicted octanol–water partition coefficient (Wildman–Crippen LogP) is 6.12. The van der Waals surface area contributed by atoms with Crippen molar-refractivity contribution in [3.63, 3.8) is 0 Å². The smallest absolute Gasteiger partial charge is 0.174 e. The molecule has 27 heavy (non-hydrogen) atoms. The van der Waals surface area contributed by atoms with Gasteiger partial charge in [-0.3, -0.25) is 4.79 Å². The summed E-state index contributed by atoms with van der Waals surface area (Å²) < 4.78 is 15.2. The number of nitrogens with zero attached hydrogens (tertiary/aromatic N) is 1. The van der Waals surface area contributed by atoms with Crippen LogP contribution in [-0.2, 0) is 13.0 Å². The van der Waals surface area contributed by atoms with Crippen LogP contribution in [0, 0.1) is 19.7 Å². The Morgan fingerprint density at radius 1 is 1.07 bits per heavy atom. The first kappa shape index (κ1) is 19.7. The molecule has 0 bridgehead atoms. The molecule has 140 valence electrons. The van der Waals surface area contributed by atoms with Crippen molar-refractivity contribution in [3.05, 3.63) is 88.0 Å². The standard InChI is InChI=1S/C22H21ClFNOS/c1-15-13-21(22(26)14-27-20-9-7-19(24)8-10-20)16(2)25(15)12-11-17-3-5-18(23)6-4-17/h3-10,13H,11-12,14H2,1-2H3. The molecular formula is C22H21ClFNOS. The topological polar surface area (TPSA) is 22.0 Å². The summed E-state index contributed by atoms with van der Waals surface area (Å²) in [5.41, 5.74) is 4.05. The van der Waals surface area contributed by atoms with Crippen molar-refractivity contribution in [2.24, 2.45) is 0 Å². The van der Waals surface area contributed by atoms with Crippen molar-refractivity contribution < 1.29 is 9.18 Å². The van der Waals surface area contributed by atoms with E-state index in [-0.39, 0.29) is 11.6 Å². The Labute approximate surface area is 168 Å². The minimum atomic E-state index is -0.269. The summed E-state index contributed by atoms with van der Waals surface area (Å²) >= 11 is 7.37. The number of hydrogen-bond donors (Lipinski definition) is 0. The normalized spacial score (nSPS) is 11.0. The van der Waals surface area contributed by atoms with Crippen molar-refractivity contribution in [3.8, 4) is 0 Å². The number of thioether (sulfide) groups is 1. The molecule has 2 nitrogen and oxygen atoms in total. The summed E-state index contributed by atoms with van der Waals surface area (Å²) in [6.07, 6.45) is 0.880. The van der Waals surface area contributed by atoms with Crippen molar-refractivity contribution in [1.29, 1.82) is 0 Å². The summed E-state index contributed by atoms with van der Waals surface area (Å²) in [4.78, 5) is 13.6. The molecule has 0 atom stereocenters. The minimum absolute atomic E-state index is 0.0927. The van der Waals surface area contributed by atoms with E-state index in [2.05, 4.69) is 4.57 Å². The van der Waals surface area contributed by atoms with Crippen molar-refractivity contribution in [2.45, 2.75) is 31.7 Å². The monoisotopic (exact) mass is 401 g/mol. The van der Waals surface area contributed by atoms with Gasteiger partial charge in [-0.1, -0.05) is 23.7 Å². The third-order valence-corrected chi connectivity index (χ3v) is 5.86. The van der Waals surface area contributed by atoms with Crippen molar-refractivity contribution in [1.82, 2.24) is 4.57 Å². The first-order valence-corrected chi connectivity index (χ1v) is 10.1. The highest BCUT2D eigenvalue weighted by Crippen LogP contribution is 2.23. The van der Waals surface area contributed by atoms with Crippen LogP contribution in [-0.4, -0.2) is 16.1 Å². The van der Waals surface area contributed by atoms with Crippen LogP contribution in [0.2, 0.25) is 5.02 Å². The number of rotatable bonds is 7. The van der Waals surface area contributed by atoms with E-state index in [0.29, 0.717) is 5.75 Å². The molecule has 0 fully saturated rings. The van der Waals surface area contributed by atoms with E-state index in [4.69, 9.17) is 11.6 Å². The van der Waals surface area contributed by atoms with Gasteiger partial charge in [-0.15, -0.1) is 11.8 Å². The van der Waals surface area contributed by atoms with E-state index in [0.717, 1.165) is 39.8 Å². The van der Waals surface area contributed by atoms with Crippen molar-refractivity contribution in [2.75, 3.05) is 5.75 Å². The Morgan fingerprint density at radius 3 is 2.41 bits per heavy atom. The van der Waals surface area contributed by atoms with Crippen LogP contribution in [0.4, 0.5) is 4.39 Å². The quantitative estimate of drug-likeness (QED) is 0.351. The average Bonchev–Trinajstić information content (AvgIpc) is 2.94. The van der Waals surface area contributed by atoms with Gasteiger partial charge < -0.3 is 4.57 Å². The van der Waals surface area contributed by atoms with Crippen LogP contribution < -0.4 is 0 Å². The molecule has 0 N–H and O–H groups in total. The molecule has 0 saturated carbocycles. The molecule has 2 aromatic carbocycles. The molecule has 3 rings (SSSR count). The second-order valence-corrected chi connectivity index (χ2v) is 7.96. The van der Waals surface area contributed by atoms with Crippen LogP contribution in [0.1, 0.15) is 27.3 Å². The Morgan fingerprint density at radius 2 is 1.74 bits per heavy atom. The fourth-order valence-electron chi connectivity index (χ4n) is 3.08. The highest BCUT2D eigenvalue weighted by Gasteiger charge is 2.16. The maximum atomic E-state index is 13.0. The van der Waals surface area contributed by atoms with E-state index < -0.39 is 0 Å². The number of hydrogen-bond acceptors (Lipinski definition) is 2. The van der Waals surface area contributed by atoms with Crippen LogP contribution in [0.3, 0.4) is 0 Å². The third kappa shape index (κ3) is 5.02. The van der Waals surface area contributed by atoms with E-state index in [1.165, 1.54) is 29.5 Å². The number of carbonyl (C=O) groups is 1. The second kappa shape index (κ2) is 8.77. The van der Waals surface area contributed by atoms with E-state index in [1.807, 2.05) is 44.2 Å². The molecule has 1 aromatic heterocycles. The number of aryl methyl sites for hydroxylation is 2. The number of benzene rings is 2. The molecular weight excluding hydrogens is 381 g/mol. The molecule has 0 unspecified atom stereocenters. The third-order valence-electron chi connectivity index (χ3n) is 4.59. The number of carbonyl (C=O) groups excluding carboxylic acids is 1. The number of halogens is 2. The number of ketones is 1. The number of Topliss-reactive ketones (excluding diaryl/α,β-unsaturated/α-hetero) is 1. The maximum absolute atomic E-state index is 13.0. The average molecular weight is 402 g/mol. The van der Waals surface area contributed by atoms with E-state index in [9.17, 15) is 9.18 Å². The van der Waals surface area contributed by atoms with Gasteiger partial charge in [-0.25, -0.2) is 4.39 Å². The van der Waals surface area contributed by atoms with Gasteiger partial charge in [0.05, 0.1) is 5.75 Å². The lowest BCUT2D eigenvalue weighted by atomic mass is 10.1. The zero-order valence-electron chi connectivity index (χ0n) is 15.3. The van der Waals surface area contributed by atoms with Crippen LogP contribution >= 0.6 is 23.4 Å². The molecule has 0 aliphatic rings. The number of aromatic nitrogens is 1. The molecule has 1 heterocycles. The molecule has 0 amide bonds. The molecule has 0 aliphatic carbocycles. The van der Waals surface area contributed by atoms with Crippen LogP contribution in [0.25, 0.3) is 0 Å². The molecule has 3 aromatic rings. The molecule has 0 radical (unpaired) electrons. The Kier molecular flexibility index (Phi) is 6.40. The molecule has 0 spiro atoms. The summed E-state index contributed by atoms with van der Waals surface area (Å²) in [7, 11) is 0. The van der Waals surface area contributed by atoms with Gasteiger partial charge in [0.2, 0.25) is 0 Å². The van der Waals surface area contributed by atoms with Gasteiger partial charge in [0.1, 0.15) is 5.82 Å². The molecule has 5 heteroatoms. The highest BCUT2D eigenvalue weighted by atomic mass is 35.5. The van der Waals surface area contributed by atoms with Gasteiger partial charge in [0.25, 0.3) is 0 Å². The summed E-state index contributed by atoms with van der Waals surface area (Å²) in [6.45, 7) is 4.83. The minimum Gasteiger partial charge on any atom is -0.348 e. The van der Waals surface area contributed by atoms with Gasteiger partial charge in [0, 0.05) is 33.4 Å². The summed E-state index contributed by atoms with van der Waals surface area (Å²) in [6, 6.07) is 16.0. The first-order valence-electron chi connectivity index (χ1n) is 8.77. The zero-order chi connectivity index (χ0) is 19.4. The zero-order valence-corrected chi connectivity index (χ0v) is 16.9. The lowest BCUT2D eigenvalue weighted by molar-refractivity contribution is 0.102. The fraction of sp³-hybridized carbons (Fsp3) is 0.227. The maximum Gasteiger partial charge on any atom is 0.174 e. The van der Waals surface area contributed by atoms with E-state index in [1.54, 1.807) is 12.1 Å². The van der Waals surface area contributed by atoms with Gasteiger partial charge in [0.15, 0.2) is 5.78 Å². The Balaban J connectivity index is 1.65. The predicted molar refractivity (Wildman–Crippen MR) is 111 cm³/mol. The van der Waals surface area contributed by atoms with Gasteiger partial charge in [-0.2, -0.15) is 0 Å². The van der Waals surface area contributed by atoms with Gasteiger partial charge >= 0.3 is 0 Å².